The van der Waals surface area contributed by atoms with E-state index >= 15 is 0 Å². The molecule has 0 amide bonds. The average Bonchev–Trinajstić information content (AvgIpc) is 3.87. The Morgan fingerprint density at radius 2 is 0.484 bits per heavy atom. The van der Waals surface area contributed by atoms with E-state index in [0.29, 0.717) is 0 Å². The Balaban J connectivity index is 1.15. The van der Waals surface area contributed by atoms with Crippen molar-refractivity contribution in [1.29, 1.82) is 0 Å². The maximum absolute atomic E-state index is 2.47. The third kappa shape index (κ3) is 6.12. The first-order chi connectivity index (χ1) is 30.7. The van der Waals surface area contributed by atoms with Crippen LogP contribution in [0.25, 0.3) is 111 Å². The third-order valence-corrected chi connectivity index (χ3v) is 12.5. The Morgan fingerprint density at radius 1 is 0.177 bits per heavy atom. The maximum atomic E-state index is 2.47. The molecule has 0 unspecified atom stereocenters. The van der Waals surface area contributed by atoms with E-state index in [2.05, 4.69) is 252 Å². The summed E-state index contributed by atoms with van der Waals surface area (Å²) in [5.74, 6) is 0. The van der Waals surface area contributed by atoms with Crippen LogP contribution in [0.4, 0.5) is 0 Å². The van der Waals surface area contributed by atoms with Gasteiger partial charge in [0.15, 0.2) is 0 Å². The van der Waals surface area contributed by atoms with E-state index in [9.17, 15) is 0 Å². The van der Waals surface area contributed by atoms with Gasteiger partial charge in [0.25, 0.3) is 0 Å². The number of aromatic nitrogens is 2. The molecule has 0 radical (unpaired) electrons. The van der Waals surface area contributed by atoms with Gasteiger partial charge in [0.1, 0.15) is 0 Å². The molecule has 290 valence electrons. The molecule has 0 N–H and O–H groups in total. The fraction of sp³-hybridized carbons (Fsp3) is 0. The molecular weight excluding hydrogens is 749 g/mol. The molecule has 0 saturated carbocycles. The summed E-state index contributed by atoms with van der Waals surface area (Å²) in [7, 11) is 0. The van der Waals surface area contributed by atoms with Gasteiger partial charge in [0, 0.05) is 32.9 Å². The van der Waals surface area contributed by atoms with Gasteiger partial charge >= 0.3 is 0 Å². The second kappa shape index (κ2) is 14.8. The molecule has 0 aliphatic rings. The maximum Gasteiger partial charge on any atom is 0.0541 e. The van der Waals surface area contributed by atoms with Crippen LogP contribution >= 0.6 is 0 Å². The molecule has 2 heteroatoms. The summed E-state index contributed by atoms with van der Waals surface area (Å²) in [4.78, 5) is 0. The van der Waals surface area contributed by atoms with E-state index in [0.717, 1.165) is 22.5 Å². The fourth-order valence-corrected chi connectivity index (χ4v) is 9.53. The average molecular weight is 789 g/mol. The zero-order chi connectivity index (χ0) is 41.0. The van der Waals surface area contributed by atoms with Crippen LogP contribution in [-0.4, -0.2) is 9.13 Å². The first kappa shape index (κ1) is 35.7. The number of nitrogens with zero attached hydrogens (tertiary/aromatic N) is 2. The summed E-state index contributed by atoms with van der Waals surface area (Å²) in [5.41, 5.74) is 18.8. The number of hydrogen-bond acceptors (Lipinski definition) is 0. The highest BCUT2D eigenvalue weighted by Gasteiger charge is 2.19. The SMILES string of the molecule is c1ccc(-c2cc(-c3ccccc3)cc(-c3cc(-n4c5ccccc5c5cc(-c6ccccc6)ccc54)cc(-n4c5ccccc5c5cc(-c6ccccc6)ccc54)c3)c2)cc1. The highest BCUT2D eigenvalue weighted by atomic mass is 15.0. The zero-order valence-electron chi connectivity index (χ0n) is 34.0. The molecule has 2 aromatic heterocycles. The highest BCUT2D eigenvalue weighted by Crippen LogP contribution is 2.41. The second-order valence-corrected chi connectivity index (χ2v) is 16.2. The van der Waals surface area contributed by atoms with Crippen LogP contribution in [0.1, 0.15) is 0 Å². The molecule has 12 aromatic rings. The van der Waals surface area contributed by atoms with Crippen molar-refractivity contribution in [2.75, 3.05) is 0 Å². The van der Waals surface area contributed by atoms with E-state index in [1.165, 1.54) is 88.1 Å². The number of hydrogen-bond donors (Lipinski definition) is 0. The first-order valence-corrected chi connectivity index (χ1v) is 21.3. The quantitative estimate of drug-likeness (QED) is 0.152. The van der Waals surface area contributed by atoms with Crippen LogP contribution < -0.4 is 0 Å². The Bertz CT molecular complexity index is 3370. The van der Waals surface area contributed by atoms with Crippen molar-refractivity contribution in [3.8, 4) is 67.0 Å². The predicted octanol–water partition coefficient (Wildman–Crippen LogP) is 16.2. The second-order valence-electron chi connectivity index (χ2n) is 16.2. The lowest BCUT2D eigenvalue weighted by Crippen LogP contribution is -2.00. The summed E-state index contributed by atoms with van der Waals surface area (Å²) in [6, 6.07) is 88.7. The van der Waals surface area contributed by atoms with Crippen LogP contribution in [0.15, 0.2) is 243 Å². The number of para-hydroxylation sites is 2. The first-order valence-electron chi connectivity index (χ1n) is 21.3. The van der Waals surface area contributed by atoms with Crippen molar-refractivity contribution in [2.45, 2.75) is 0 Å². The summed E-state index contributed by atoms with van der Waals surface area (Å²) >= 11 is 0. The Labute approximate surface area is 360 Å². The Kier molecular flexibility index (Phi) is 8.53. The topological polar surface area (TPSA) is 9.86 Å². The Morgan fingerprint density at radius 3 is 0.887 bits per heavy atom. The van der Waals surface area contributed by atoms with Crippen LogP contribution in [0, 0.1) is 0 Å². The van der Waals surface area contributed by atoms with Crippen molar-refractivity contribution < 1.29 is 0 Å². The van der Waals surface area contributed by atoms with Gasteiger partial charge in [-0.2, -0.15) is 0 Å². The minimum atomic E-state index is 1.11. The molecule has 2 heterocycles. The fourth-order valence-electron chi connectivity index (χ4n) is 9.53. The van der Waals surface area contributed by atoms with Gasteiger partial charge in [-0.3, -0.25) is 0 Å². The van der Waals surface area contributed by atoms with Crippen molar-refractivity contribution in [3.63, 3.8) is 0 Å². The molecule has 0 fully saturated rings. The molecule has 0 aliphatic heterocycles. The molecule has 0 aliphatic carbocycles. The van der Waals surface area contributed by atoms with E-state index < -0.39 is 0 Å². The molecule has 0 bridgehead atoms. The number of benzene rings is 10. The third-order valence-electron chi connectivity index (χ3n) is 12.5. The largest absolute Gasteiger partial charge is 0.309 e. The summed E-state index contributed by atoms with van der Waals surface area (Å²) in [6.45, 7) is 0. The van der Waals surface area contributed by atoms with Crippen LogP contribution in [-0.2, 0) is 0 Å². The van der Waals surface area contributed by atoms with E-state index in [1.54, 1.807) is 0 Å². The van der Waals surface area contributed by atoms with Gasteiger partial charge in [-0.25, -0.2) is 0 Å². The molecular formula is C60H40N2. The van der Waals surface area contributed by atoms with Gasteiger partial charge in [0.05, 0.1) is 22.1 Å². The summed E-state index contributed by atoms with van der Waals surface area (Å²) in [6.07, 6.45) is 0. The van der Waals surface area contributed by atoms with Crippen molar-refractivity contribution in [2.24, 2.45) is 0 Å². The van der Waals surface area contributed by atoms with E-state index in [4.69, 9.17) is 0 Å². The normalized spacial score (nSPS) is 11.5. The van der Waals surface area contributed by atoms with Crippen LogP contribution in [0.3, 0.4) is 0 Å². The molecule has 2 nitrogen and oxygen atoms in total. The molecule has 62 heavy (non-hydrogen) atoms. The standard InChI is InChI=1S/C60H40N2/c1-5-17-41(18-6-1)45-29-31-59-55(38-45)53-25-13-15-27-57(53)61(59)51-36-50(49-34-47(43-21-9-3-10-22-43)33-48(35-49)44-23-11-4-12-24-44)37-52(40-51)62-58-28-16-14-26-54(58)56-39-46(30-32-60(56)62)42-19-7-2-8-20-42/h1-40H. The van der Waals surface area contributed by atoms with Crippen molar-refractivity contribution in [3.05, 3.63) is 243 Å². The van der Waals surface area contributed by atoms with Crippen molar-refractivity contribution >= 4 is 43.6 Å². The Hall–Kier alpha value is -8.20. The molecule has 0 atom stereocenters. The lowest BCUT2D eigenvalue weighted by molar-refractivity contribution is 1.13. The monoisotopic (exact) mass is 788 g/mol. The van der Waals surface area contributed by atoms with Crippen molar-refractivity contribution in [1.82, 2.24) is 9.13 Å². The van der Waals surface area contributed by atoms with Crippen LogP contribution in [0.2, 0.25) is 0 Å². The number of fused-ring (bicyclic) bond motifs is 6. The van der Waals surface area contributed by atoms with Gasteiger partial charge in [-0.15, -0.1) is 0 Å². The van der Waals surface area contributed by atoms with E-state index in [-0.39, 0.29) is 0 Å². The van der Waals surface area contributed by atoms with Crippen LogP contribution in [0.5, 0.6) is 0 Å². The minimum absolute atomic E-state index is 1.11. The zero-order valence-corrected chi connectivity index (χ0v) is 34.0. The minimum Gasteiger partial charge on any atom is -0.309 e. The van der Waals surface area contributed by atoms with Gasteiger partial charge in [0.2, 0.25) is 0 Å². The lowest BCUT2D eigenvalue weighted by atomic mass is 9.93. The van der Waals surface area contributed by atoms with Gasteiger partial charge < -0.3 is 9.13 Å². The smallest absolute Gasteiger partial charge is 0.0541 e. The molecule has 0 spiro atoms. The van der Waals surface area contributed by atoms with Gasteiger partial charge in [-0.05, 0) is 128 Å². The summed E-state index contributed by atoms with van der Waals surface area (Å²) < 4.78 is 4.93. The highest BCUT2D eigenvalue weighted by molar-refractivity contribution is 6.12. The van der Waals surface area contributed by atoms with E-state index in [1.807, 2.05) is 0 Å². The molecule has 10 aromatic carbocycles. The number of rotatable bonds is 7. The molecule has 0 saturated heterocycles. The lowest BCUT2D eigenvalue weighted by Gasteiger charge is -2.17. The summed E-state index contributed by atoms with van der Waals surface area (Å²) in [5, 5.41) is 4.93. The molecule has 12 rings (SSSR count). The predicted molar refractivity (Wildman–Crippen MR) is 262 cm³/mol. The van der Waals surface area contributed by atoms with Gasteiger partial charge in [-0.1, -0.05) is 170 Å².